The van der Waals surface area contributed by atoms with E-state index in [9.17, 15) is 0 Å². The summed E-state index contributed by atoms with van der Waals surface area (Å²) in [5.74, 6) is 1.62. The summed E-state index contributed by atoms with van der Waals surface area (Å²) in [5, 5.41) is 0. The summed E-state index contributed by atoms with van der Waals surface area (Å²) in [5.41, 5.74) is 8.27. The van der Waals surface area contributed by atoms with Crippen LogP contribution in [0.5, 0.6) is 11.5 Å². The lowest BCUT2D eigenvalue weighted by Gasteiger charge is -2.29. The summed E-state index contributed by atoms with van der Waals surface area (Å²) >= 11 is 0. The van der Waals surface area contributed by atoms with Crippen LogP contribution in [0.25, 0.3) is 0 Å². The van der Waals surface area contributed by atoms with Crippen LogP contribution in [0.3, 0.4) is 0 Å². The SMILES string of the molecule is COc1cc2c(cc1OC)CN(CCN)CC2.Cl.Cl. The highest BCUT2D eigenvalue weighted by molar-refractivity contribution is 5.85. The van der Waals surface area contributed by atoms with E-state index in [2.05, 4.69) is 17.0 Å². The van der Waals surface area contributed by atoms with Crippen molar-refractivity contribution in [3.05, 3.63) is 23.3 Å². The predicted octanol–water partition coefficient (Wildman–Crippen LogP) is 1.86. The molecule has 19 heavy (non-hydrogen) atoms. The lowest BCUT2D eigenvalue weighted by Crippen LogP contribution is -2.34. The maximum absolute atomic E-state index is 5.59. The first-order valence-electron chi connectivity index (χ1n) is 5.94. The highest BCUT2D eigenvalue weighted by Crippen LogP contribution is 2.33. The minimum Gasteiger partial charge on any atom is -0.493 e. The molecule has 0 saturated carbocycles. The van der Waals surface area contributed by atoms with Crippen LogP contribution >= 0.6 is 24.8 Å². The lowest BCUT2D eigenvalue weighted by atomic mass is 9.99. The Kier molecular flexibility index (Phi) is 8.18. The van der Waals surface area contributed by atoms with Gasteiger partial charge in [0.05, 0.1) is 14.2 Å². The molecule has 0 unspecified atom stereocenters. The molecule has 2 rings (SSSR count). The minimum absolute atomic E-state index is 0. The molecule has 0 fully saturated rings. The second kappa shape index (κ2) is 8.48. The van der Waals surface area contributed by atoms with E-state index in [1.165, 1.54) is 11.1 Å². The summed E-state index contributed by atoms with van der Waals surface area (Å²) < 4.78 is 10.6. The van der Waals surface area contributed by atoms with Crippen molar-refractivity contribution in [2.75, 3.05) is 33.9 Å². The predicted molar refractivity (Wildman–Crippen MR) is 82.1 cm³/mol. The van der Waals surface area contributed by atoms with Crippen molar-refractivity contribution in [3.63, 3.8) is 0 Å². The third-order valence-electron chi connectivity index (χ3n) is 3.24. The van der Waals surface area contributed by atoms with Crippen molar-refractivity contribution < 1.29 is 9.47 Å². The van der Waals surface area contributed by atoms with Gasteiger partial charge in [0.1, 0.15) is 0 Å². The van der Waals surface area contributed by atoms with Crippen molar-refractivity contribution in [2.24, 2.45) is 5.73 Å². The van der Waals surface area contributed by atoms with Crippen LogP contribution in [0.4, 0.5) is 0 Å². The third-order valence-corrected chi connectivity index (χ3v) is 3.24. The number of rotatable bonds is 4. The molecule has 6 heteroatoms. The van der Waals surface area contributed by atoms with Crippen LogP contribution in [-0.4, -0.2) is 38.8 Å². The second-order valence-corrected chi connectivity index (χ2v) is 4.29. The Hall–Kier alpha value is -0.680. The van der Waals surface area contributed by atoms with Gasteiger partial charge in [0.15, 0.2) is 11.5 Å². The van der Waals surface area contributed by atoms with Gasteiger partial charge in [-0.2, -0.15) is 0 Å². The van der Waals surface area contributed by atoms with Gasteiger partial charge >= 0.3 is 0 Å². The highest BCUT2D eigenvalue weighted by atomic mass is 35.5. The van der Waals surface area contributed by atoms with E-state index >= 15 is 0 Å². The van der Waals surface area contributed by atoms with E-state index in [-0.39, 0.29) is 24.8 Å². The largest absolute Gasteiger partial charge is 0.493 e. The molecule has 1 aliphatic rings. The van der Waals surface area contributed by atoms with Gasteiger partial charge in [-0.15, -0.1) is 24.8 Å². The van der Waals surface area contributed by atoms with Gasteiger partial charge in [0, 0.05) is 26.2 Å². The normalized spacial score (nSPS) is 13.8. The van der Waals surface area contributed by atoms with E-state index in [4.69, 9.17) is 15.2 Å². The fraction of sp³-hybridized carbons (Fsp3) is 0.538. The maximum atomic E-state index is 5.59. The van der Waals surface area contributed by atoms with Gasteiger partial charge in [-0.25, -0.2) is 0 Å². The number of nitrogens with two attached hydrogens (primary N) is 1. The van der Waals surface area contributed by atoms with E-state index in [0.29, 0.717) is 6.54 Å². The highest BCUT2D eigenvalue weighted by Gasteiger charge is 2.18. The van der Waals surface area contributed by atoms with Crippen LogP contribution in [0.2, 0.25) is 0 Å². The summed E-state index contributed by atoms with van der Waals surface area (Å²) in [6.07, 6.45) is 1.05. The van der Waals surface area contributed by atoms with E-state index < -0.39 is 0 Å². The Balaban J connectivity index is 0.00000162. The van der Waals surface area contributed by atoms with Gasteiger partial charge in [-0.3, -0.25) is 4.90 Å². The molecule has 0 spiro atoms. The second-order valence-electron chi connectivity index (χ2n) is 4.29. The van der Waals surface area contributed by atoms with Crippen molar-refractivity contribution in [3.8, 4) is 11.5 Å². The Labute approximate surface area is 127 Å². The number of halogens is 2. The Bertz CT molecular complexity index is 402. The molecule has 0 amide bonds. The van der Waals surface area contributed by atoms with Crippen molar-refractivity contribution >= 4 is 24.8 Å². The first kappa shape index (κ1) is 18.3. The van der Waals surface area contributed by atoms with Crippen LogP contribution in [0.1, 0.15) is 11.1 Å². The topological polar surface area (TPSA) is 47.7 Å². The molecule has 0 bridgehead atoms. The van der Waals surface area contributed by atoms with Gasteiger partial charge in [-0.05, 0) is 29.7 Å². The molecule has 1 aromatic rings. The smallest absolute Gasteiger partial charge is 0.161 e. The fourth-order valence-corrected chi connectivity index (χ4v) is 2.32. The van der Waals surface area contributed by atoms with Crippen molar-refractivity contribution in [1.29, 1.82) is 0 Å². The van der Waals surface area contributed by atoms with Crippen LogP contribution in [0.15, 0.2) is 12.1 Å². The lowest BCUT2D eigenvalue weighted by molar-refractivity contribution is 0.259. The summed E-state index contributed by atoms with van der Waals surface area (Å²) in [6.45, 7) is 3.68. The molecule has 4 nitrogen and oxygen atoms in total. The Morgan fingerprint density at radius 3 is 2.21 bits per heavy atom. The zero-order valence-corrected chi connectivity index (χ0v) is 13.0. The molecule has 0 aliphatic carbocycles. The van der Waals surface area contributed by atoms with Gasteiger partial charge in [0.2, 0.25) is 0 Å². The summed E-state index contributed by atoms with van der Waals surface area (Å²) in [6, 6.07) is 4.17. The molecule has 0 aromatic heterocycles. The number of hydrogen-bond acceptors (Lipinski definition) is 4. The monoisotopic (exact) mass is 308 g/mol. The molecular formula is C13H22Cl2N2O2. The summed E-state index contributed by atoms with van der Waals surface area (Å²) in [4.78, 5) is 2.37. The zero-order valence-electron chi connectivity index (χ0n) is 11.3. The molecule has 110 valence electrons. The first-order valence-corrected chi connectivity index (χ1v) is 5.94. The van der Waals surface area contributed by atoms with Crippen molar-refractivity contribution in [2.45, 2.75) is 13.0 Å². The van der Waals surface area contributed by atoms with Gasteiger partial charge < -0.3 is 15.2 Å². The molecule has 1 aliphatic heterocycles. The van der Waals surface area contributed by atoms with Gasteiger partial charge in [0.25, 0.3) is 0 Å². The van der Waals surface area contributed by atoms with E-state index in [0.717, 1.165) is 37.6 Å². The molecule has 1 heterocycles. The number of nitrogens with zero attached hydrogens (tertiary/aromatic N) is 1. The van der Waals surface area contributed by atoms with Crippen LogP contribution in [-0.2, 0) is 13.0 Å². The summed E-state index contributed by atoms with van der Waals surface area (Å²) in [7, 11) is 3.35. The Morgan fingerprint density at radius 2 is 1.68 bits per heavy atom. The molecule has 1 aromatic carbocycles. The number of fused-ring (bicyclic) bond motifs is 1. The average Bonchev–Trinajstić information content (AvgIpc) is 2.37. The number of ether oxygens (including phenoxy) is 2. The maximum Gasteiger partial charge on any atom is 0.161 e. The number of hydrogen-bond donors (Lipinski definition) is 1. The molecule has 0 radical (unpaired) electrons. The third kappa shape index (κ3) is 4.14. The van der Waals surface area contributed by atoms with E-state index in [1.807, 2.05) is 0 Å². The number of methoxy groups -OCH3 is 2. The van der Waals surface area contributed by atoms with Crippen molar-refractivity contribution in [1.82, 2.24) is 4.90 Å². The standard InChI is InChI=1S/C13H20N2O2.2ClH/c1-16-12-7-10-3-5-15(6-4-14)9-11(10)8-13(12)17-2;;/h7-8H,3-6,9,14H2,1-2H3;2*1H. The molecule has 2 N–H and O–H groups in total. The number of benzene rings is 1. The van der Waals surface area contributed by atoms with Gasteiger partial charge in [-0.1, -0.05) is 0 Å². The van der Waals surface area contributed by atoms with E-state index in [1.54, 1.807) is 14.2 Å². The molecule has 0 saturated heterocycles. The zero-order chi connectivity index (χ0) is 12.3. The first-order chi connectivity index (χ1) is 8.28. The fourth-order valence-electron chi connectivity index (χ4n) is 2.32. The quantitative estimate of drug-likeness (QED) is 0.922. The van der Waals surface area contributed by atoms with Crippen LogP contribution in [0, 0.1) is 0 Å². The minimum atomic E-state index is 0. The molecule has 0 atom stereocenters. The molecular weight excluding hydrogens is 287 g/mol. The average molecular weight is 309 g/mol. The van der Waals surface area contributed by atoms with Crippen LogP contribution < -0.4 is 15.2 Å². The Morgan fingerprint density at radius 1 is 1.11 bits per heavy atom.